The van der Waals surface area contributed by atoms with Crippen molar-refractivity contribution in [1.82, 2.24) is 5.32 Å². The lowest BCUT2D eigenvalue weighted by molar-refractivity contribution is 0.351. The maximum absolute atomic E-state index is 5.43. The van der Waals surface area contributed by atoms with Crippen molar-refractivity contribution in [1.29, 1.82) is 0 Å². The Morgan fingerprint density at radius 1 is 1.13 bits per heavy atom. The van der Waals surface area contributed by atoms with Crippen LogP contribution in [0.4, 0.5) is 5.69 Å². The number of hydrogen-bond acceptors (Lipinski definition) is 3. The third-order valence-electron chi connectivity index (χ3n) is 3.25. The molecule has 4 nitrogen and oxygen atoms in total. The molecule has 0 radical (unpaired) electrons. The van der Waals surface area contributed by atoms with Crippen molar-refractivity contribution in [3.63, 3.8) is 0 Å². The van der Waals surface area contributed by atoms with E-state index >= 15 is 0 Å². The van der Waals surface area contributed by atoms with E-state index in [-0.39, 0.29) is 0 Å². The molecule has 0 aromatic heterocycles. The van der Waals surface area contributed by atoms with Gasteiger partial charge in [0, 0.05) is 15.8 Å². The molecule has 122 valence electrons. The summed E-state index contributed by atoms with van der Waals surface area (Å²) in [5, 5.41) is 6.99. The lowest BCUT2D eigenvalue weighted by atomic mass is 10.1. The van der Waals surface area contributed by atoms with Crippen molar-refractivity contribution in [3.8, 4) is 11.5 Å². The number of rotatable bonds is 6. The van der Waals surface area contributed by atoms with Crippen LogP contribution in [0.3, 0.4) is 0 Å². The summed E-state index contributed by atoms with van der Waals surface area (Å²) in [6, 6.07) is 13.9. The normalized spacial score (nSPS) is 10.0. The summed E-state index contributed by atoms with van der Waals surface area (Å²) >= 11 is 7.60. The second-order valence-electron chi connectivity index (χ2n) is 4.79. The average Bonchev–Trinajstić information content (AvgIpc) is 2.54. The Morgan fingerprint density at radius 2 is 1.91 bits per heavy atom. The van der Waals surface area contributed by atoms with E-state index in [9.17, 15) is 0 Å². The third kappa shape index (κ3) is 5.24. The lowest BCUT2D eigenvalue weighted by Gasteiger charge is -2.14. The van der Waals surface area contributed by atoms with Crippen LogP contribution >= 0.6 is 34.8 Å². The predicted octanol–water partition coefficient (Wildman–Crippen LogP) is 3.84. The van der Waals surface area contributed by atoms with Gasteiger partial charge in [-0.2, -0.15) is 0 Å². The highest BCUT2D eigenvalue weighted by Gasteiger charge is 2.09. The molecule has 0 amide bonds. The Labute approximate surface area is 155 Å². The van der Waals surface area contributed by atoms with Gasteiger partial charge in [-0.15, -0.1) is 0 Å². The fourth-order valence-electron chi connectivity index (χ4n) is 2.20. The van der Waals surface area contributed by atoms with E-state index in [2.05, 4.69) is 33.2 Å². The van der Waals surface area contributed by atoms with Crippen LogP contribution in [0.25, 0.3) is 0 Å². The Morgan fingerprint density at radius 3 is 2.61 bits per heavy atom. The number of ether oxygens (including phenoxy) is 2. The van der Waals surface area contributed by atoms with Crippen molar-refractivity contribution in [2.45, 2.75) is 6.42 Å². The molecule has 2 aromatic carbocycles. The minimum absolute atomic E-state index is 0.605. The first-order valence-corrected chi connectivity index (χ1v) is 8.63. The largest absolute Gasteiger partial charge is 0.493 e. The van der Waals surface area contributed by atoms with Gasteiger partial charge in [-0.25, -0.2) is 0 Å². The summed E-state index contributed by atoms with van der Waals surface area (Å²) in [6.07, 6.45) is 0.786. The first-order chi connectivity index (χ1) is 11.1. The Hall–Kier alpha value is -1.54. The van der Waals surface area contributed by atoms with Gasteiger partial charge in [-0.05, 0) is 71.1 Å². The van der Waals surface area contributed by atoms with Crippen molar-refractivity contribution in [2.75, 3.05) is 26.1 Å². The minimum atomic E-state index is 0.605. The monoisotopic (exact) mass is 442 g/mol. The fourth-order valence-corrected chi connectivity index (χ4v) is 2.97. The number of methoxy groups -OCH3 is 2. The van der Waals surface area contributed by atoms with Gasteiger partial charge < -0.3 is 20.1 Å². The van der Waals surface area contributed by atoms with Crippen molar-refractivity contribution < 1.29 is 9.47 Å². The third-order valence-corrected chi connectivity index (χ3v) is 4.16. The van der Waals surface area contributed by atoms with Crippen LogP contribution in [0.1, 0.15) is 5.56 Å². The maximum atomic E-state index is 5.43. The standard InChI is InChI=1S/C17H19IN2O2S/c1-21-15-8-3-5-12(16(15)22-2)9-10-19-17(23)20-14-7-4-6-13(18)11-14/h3-8,11H,9-10H2,1-2H3,(H2,19,20,23). The summed E-state index contributed by atoms with van der Waals surface area (Å²) in [6.45, 7) is 0.708. The molecule has 0 unspecified atom stereocenters. The van der Waals surface area contributed by atoms with E-state index < -0.39 is 0 Å². The quantitative estimate of drug-likeness (QED) is 0.526. The molecule has 2 N–H and O–H groups in total. The molecule has 0 fully saturated rings. The summed E-state index contributed by atoms with van der Waals surface area (Å²) in [5.74, 6) is 1.51. The van der Waals surface area contributed by atoms with Gasteiger partial charge >= 0.3 is 0 Å². The first kappa shape index (κ1) is 17.8. The molecular formula is C17H19IN2O2S. The molecule has 0 heterocycles. The van der Waals surface area contributed by atoms with Gasteiger partial charge in [0.15, 0.2) is 16.6 Å². The topological polar surface area (TPSA) is 42.5 Å². The summed E-state index contributed by atoms with van der Waals surface area (Å²) in [7, 11) is 3.29. The van der Waals surface area contributed by atoms with Gasteiger partial charge in [0.2, 0.25) is 0 Å². The lowest BCUT2D eigenvalue weighted by Crippen LogP contribution is -2.30. The van der Waals surface area contributed by atoms with E-state index in [1.165, 1.54) is 0 Å². The summed E-state index contributed by atoms with van der Waals surface area (Å²) < 4.78 is 11.9. The van der Waals surface area contributed by atoms with Crippen LogP contribution in [-0.2, 0) is 6.42 Å². The highest BCUT2D eigenvalue weighted by molar-refractivity contribution is 14.1. The zero-order valence-electron chi connectivity index (χ0n) is 13.1. The van der Waals surface area contributed by atoms with Gasteiger partial charge in [-0.3, -0.25) is 0 Å². The molecule has 0 spiro atoms. The molecular weight excluding hydrogens is 423 g/mol. The van der Waals surface area contributed by atoms with E-state index in [1.807, 2.05) is 42.5 Å². The molecule has 0 aliphatic carbocycles. The van der Waals surface area contributed by atoms with E-state index in [4.69, 9.17) is 21.7 Å². The highest BCUT2D eigenvalue weighted by Crippen LogP contribution is 2.30. The highest BCUT2D eigenvalue weighted by atomic mass is 127. The molecule has 0 aliphatic heterocycles. The van der Waals surface area contributed by atoms with Crippen LogP contribution in [0.5, 0.6) is 11.5 Å². The van der Waals surface area contributed by atoms with Crippen LogP contribution in [0, 0.1) is 3.57 Å². The van der Waals surface area contributed by atoms with Crippen molar-refractivity contribution in [2.24, 2.45) is 0 Å². The Kier molecular flexibility index (Phi) is 6.91. The second kappa shape index (κ2) is 8.93. The number of nitrogens with one attached hydrogen (secondary N) is 2. The molecule has 2 rings (SSSR count). The molecule has 0 saturated heterocycles. The number of anilines is 1. The number of halogens is 1. The maximum Gasteiger partial charge on any atom is 0.170 e. The van der Waals surface area contributed by atoms with Crippen molar-refractivity contribution in [3.05, 3.63) is 51.6 Å². The second-order valence-corrected chi connectivity index (χ2v) is 6.45. The van der Waals surface area contributed by atoms with Gasteiger partial charge in [0.1, 0.15) is 0 Å². The molecule has 6 heteroatoms. The number of hydrogen-bond donors (Lipinski definition) is 2. The number of benzene rings is 2. The first-order valence-electron chi connectivity index (χ1n) is 7.14. The minimum Gasteiger partial charge on any atom is -0.493 e. The van der Waals surface area contributed by atoms with Crippen LogP contribution in [0.15, 0.2) is 42.5 Å². The van der Waals surface area contributed by atoms with Crippen LogP contribution in [-0.4, -0.2) is 25.9 Å². The smallest absolute Gasteiger partial charge is 0.170 e. The molecule has 2 aromatic rings. The van der Waals surface area contributed by atoms with Crippen LogP contribution < -0.4 is 20.1 Å². The predicted molar refractivity (Wildman–Crippen MR) is 107 cm³/mol. The van der Waals surface area contributed by atoms with Gasteiger partial charge in [0.25, 0.3) is 0 Å². The zero-order chi connectivity index (χ0) is 16.7. The summed E-state index contributed by atoms with van der Waals surface area (Å²) in [4.78, 5) is 0. The molecule has 0 aliphatic rings. The molecule has 0 bridgehead atoms. The van der Waals surface area contributed by atoms with E-state index in [0.717, 1.165) is 32.7 Å². The number of thiocarbonyl (C=S) groups is 1. The number of para-hydroxylation sites is 1. The SMILES string of the molecule is COc1cccc(CCNC(=S)Nc2cccc(I)c2)c1OC. The van der Waals surface area contributed by atoms with Gasteiger partial charge in [0.05, 0.1) is 14.2 Å². The van der Waals surface area contributed by atoms with E-state index in [0.29, 0.717) is 11.7 Å². The average molecular weight is 442 g/mol. The Bertz CT molecular complexity index is 679. The molecule has 23 heavy (non-hydrogen) atoms. The summed E-state index contributed by atoms with van der Waals surface area (Å²) in [5.41, 5.74) is 2.06. The fraction of sp³-hybridized carbons (Fsp3) is 0.235. The van der Waals surface area contributed by atoms with Crippen LogP contribution in [0.2, 0.25) is 0 Å². The van der Waals surface area contributed by atoms with Gasteiger partial charge in [-0.1, -0.05) is 18.2 Å². The molecule has 0 atom stereocenters. The zero-order valence-corrected chi connectivity index (χ0v) is 16.0. The van der Waals surface area contributed by atoms with Crippen molar-refractivity contribution >= 4 is 45.6 Å². The molecule has 0 saturated carbocycles. The van der Waals surface area contributed by atoms with E-state index in [1.54, 1.807) is 14.2 Å². The Balaban J connectivity index is 1.88.